The monoisotopic (exact) mass is 188 g/mol. The number of fused-ring (bicyclic) bond motifs is 1. The zero-order chi connectivity index (χ0) is 9.97. The summed E-state index contributed by atoms with van der Waals surface area (Å²) in [6.45, 7) is 0.512. The van der Waals surface area contributed by atoms with Crippen LogP contribution in [-0.4, -0.2) is 11.7 Å². The largest absolute Gasteiger partial charge is 0.382 e. The van der Waals surface area contributed by atoms with Crippen molar-refractivity contribution >= 4 is 10.8 Å². The van der Waals surface area contributed by atoms with Gasteiger partial charge in [0, 0.05) is 0 Å². The van der Waals surface area contributed by atoms with Crippen LogP contribution in [0.5, 0.6) is 0 Å². The summed E-state index contributed by atoms with van der Waals surface area (Å²) >= 11 is 0. The van der Waals surface area contributed by atoms with Crippen LogP contribution in [0.3, 0.4) is 0 Å². The minimum absolute atomic E-state index is 0.445. The van der Waals surface area contributed by atoms with Crippen LogP contribution in [0.4, 0.5) is 0 Å². The van der Waals surface area contributed by atoms with Crippen LogP contribution in [0.1, 0.15) is 11.7 Å². The molecule has 0 heterocycles. The Balaban J connectivity index is 2.51. The lowest BCUT2D eigenvalue weighted by atomic mass is 10.0. The van der Waals surface area contributed by atoms with Gasteiger partial charge in [-0.15, -0.1) is 0 Å². The highest BCUT2D eigenvalue weighted by Gasteiger charge is 2.06. The third kappa shape index (κ3) is 1.62. The highest BCUT2D eigenvalue weighted by Crippen LogP contribution is 2.19. The van der Waals surface area contributed by atoms with Crippen LogP contribution in [0.25, 0.3) is 10.8 Å². The van der Waals surface area contributed by atoms with Gasteiger partial charge in [0.05, 0.1) is 0 Å². The molecule has 0 amide bonds. The Morgan fingerprint density at radius 1 is 1.07 bits per heavy atom. The maximum atomic E-state index is 9.63. The van der Waals surface area contributed by atoms with Crippen molar-refractivity contribution in [2.75, 3.05) is 6.54 Å². The molecule has 1 atom stereocenters. The molecule has 0 aliphatic heterocycles. The molecule has 0 bridgehead atoms. The Morgan fingerprint density at radius 2 is 1.79 bits per heavy atom. The van der Waals surface area contributed by atoms with Crippen LogP contribution >= 0.6 is 0 Å². The SMILES string of the molecule is [NH3+]C[C@H](O)c1ccc2ccccc2c1. The van der Waals surface area contributed by atoms with E-state index in [4.69, 9.17) is 0 Å². The van der Waals surface area contributed by atoms with Crippen molar-refractivity contribution in [3.63, 3.8) is 0 Å². The Labute approximate surface area is 83.0 Å². The minimum atomic E-state index is -0.445. The lowest BCUT2D eigenvalue weighted by Gasteiger charge is -2.07. The summed E-state index contributed by atoms with van der Waals surface area (Å²) in [7, 11) is 0. The summed E-state index contributed by atoms with van der Waals surface area (Å²) in [5.41, 5.74) is 4.64. The molecule has 0 aliphatic rings. The zero-order valence-electron chi connectivity index (χ0n) is 7.98. The van der Waals surface area contributed by atoms with Crippen molar-refractivity contribution in [3.05, 3.63) is 48.0 Å². The van der Waals surface area contributed by atoms with Crippen molar-refractivity contribution < 1.29 is 10.8 Å². The Bertz CT molecular complexity index is 439. The van der Waals surface area contributed by atoms with E-state index in [1.165, 1.54) is 5.39 Å². The molecule has 2 heteroatoms. The van der Waals surface area contributed by atoms with E-state index in [0.717, 1.165) is 10.9 Å². The van der Waals surface area contributed by atoms with Gasteiger partial charge in [-0.2, -0.15) is 0 Å². The fraction of sp³-hybridized carbons (Fsp3) is 0.167. The summed E-state index contributed by atoms with van der Waals surface area (Å²) in [5, 5.41) is 12.0. The average molecular weight is 188 g/mol. The molecule has 0 saturated carbocycles. The second kappa shape index (κ2) is 3.78. The number of aliphatic hydroxyl groups excluding tert-OH is 1. The number of quaternary nitrogens is 1. The molecule has 0 aliphatic carbocycles. The topological polar surface area (TPSA) is 47.9 Å². The molecule has 14 heavy (non-hydrogen) atoms. The zero-order valence-corrected chi connectivity index (χ0v) is 7.98. The molecule has 72 valence electrons. The van der Waals surface area contributed by atoms with Crippen LogP contribution in [0, 0.1) is 0 Å². The standard InChI is InChI=1S/C12H13NO/c13-8-12(14)11-6-5-9-3-1-2-4-10(9)7-11/h1-7,12,14H,8,13H2/p+1/t12-/m0/s1. The van der Waals surface area contributed by atoms with E-state index >= 15 is 0 Å². The van der Waals surface area contributed by atoms with Gasteiger partial charge >= 0.3 is 0 Å². The quantitative estimate of drug-likeness (QED) is 0.728. The normalized spacial score (nSPS) is 13.0. The van der Waals surface area contributed by atoms with Crippen molar-refractivity contribution in [2.24, 2.45) is 0 Å². The van der Waals surface area contributed by atoms with Crippen molar-refractivity contribution in [3.8, 4) is 0 Å². The van der Waals surface area contributed by atoms with Crippen LogP contribution in [0.15, 0.2) is 42.5 Å². The fourth-order valence-corrected chi connectivity index (χ4v) is 1.58. The molecule has 2 nitrogen and oxygen atoms in total. The average Bonchev–Trinajstić information content (AvgIpc) is 2.27. The van der Waals surface area contributed by atoms with Gasteiger partial charge in [0.25, 0.3) is 0 Å². The number of benzene rings is 2. The fourth-order valence-electron chi connectivity index (χ4n) is 1.58. The van der Waals surface area contributed by atoms with Gasteiger partial charge in [-0.25, -0.2) is 0 Å². The Hall–Kier alpha value is -1.38. The summed E-state index contributed by atoms with van der Waals surface area (Å²) in [5.74, 6) is 0. The summed E-state index contributed by atoms with van der Waals surface area (Å²) < 4.78 is 0. The highest BCUT2D eigenvalue weighted by molar-refractivity contribution is 5.83. The molecule has 2 rings (SSSR count). The molecule has 2 aromatic carbocycles. The second-order valence-electron chi connectivity index (χ2n) is 3.41. The van der Waals surface area contributed by atoms with Crippen LogP contribution < -0.4 is 5.73 Å². The van der Waals surface area contributed by atoms with E-state index in [1.807, 2.05) is 30.3 Å². The first kappa shape index (κ1) is 9.19. The summed E-state index contributed by atoms with van der Waals surface area (Å²) in [6.07, 6.45) is -0.445. The maximum absolute atomic E-state index is 9.63. The highest BCUT2D eigenvalue weighted by atomic mass is 16.3. The number of rotatable bonds is 2. The van der Waals surface area contributed by atoms with Gasteiger partial charge in [-0.3, -0.25) is 0 Å². The van der Waals surface area contributed by atoms with E-state index < -0.39 is 6.10 Å². The van der Waals surface area contributed by atoms with Crippen molar-refractivity contribution in [1.82, 2.24) is 0 Å². The van der Waals surface area contributed by atoms with E-state index in [-0.39, 0.29) is 0 Å². The number of hydrogen-bond donors (Lipinski definition) is 2. The van der Waals surface area contributed by atoms with Gasteiger partial charge in [-0.1, -0.05) is 36.4 Å². The first-order chi connectivity index (χ1) is 6.81. The van der Waals surface area contributed by atoms with Crippen molar-refractivity contribution in [1.29, 1.82) is 0 Å². The molecule has 4 N–H and O–H groups in total. The van der Waals surface area contributed by atoms with Gasteiger partial charge in [0.2, 0.25) is 0 Å². The van der Waals surface area contributed by atoms with Gasteiger partial charge in [-0.05, 0) is 22.4 Å². The molecular weight excluding hydrogens is 174 g/mol. The molecule has 0 radical (unpaired) electrons. The summed E-state index contributed by atoms with van der Waals surface area (Å²) in [6, 6.07) is 14.1. The Kier molecular flexibility index (Phi) is 2.48. The lowest BCUT2D eigenvalue weighted by molar-refractivity contribution is -0.385. The maximum Gasteiger partial charge on any atom is 0.128 e. The molecular formula is C12H14NO+. The predicted molar refractivity (Wildman–Crippen MR) is 56.7 cm³/mol. The third-order valence-electron chi connectivity index (χ3n) is 2.43. The summed E-state index contributed by atoms with van der Waals surface area (Å²) in [4.78, 5) is 0. The van der Waals surface area contributed by atoms with E-state index in [9.17, 15) is 5.11 Å². The molecule has 0 spiro atoms. The number of hydrogen-bond acceptors (Lipinski definition) is 1. The van der Waals surface area contributed by atoms with Gasteiger partial charge < -0.3 is 10.8 Å². The van der Waals surface area contributed by atoms with Crippen LogP contribution in [-0.2, 0) is 0 Å². The molecule has 0 saturated heterocycles. The van der Waals surface area contributed by atoms with E-state index in [1.54, 1.807) is 0 Å². The molecule has 2 aromatic rings. The molecule has 0 fully saturated rings. The molecule has 0 unspecified atom stereocenters. The van der Waals surface area contributed by atoms with E-state index in [0.29, 0.717) is 6.54 Å². The minimum Gasteiger partial charge on any atom is -0.382 e. The predicted octanol–water partition coefficient (Wildman–Crippen LogP) is 1.12. The second-order valence-corrected chi connectivity index (χ2v) is 3.41. The Morgan fingerprint density at radius 3 is 2.50 bits per heavy atom. The third-order valence-corrected chi connectivity index (χ3v) is 2.43. The smallest absolute Gasteiger partial charge is 0.128 e. The molecule has 0 aromatic heterocycles. The van der Waals surface area contributed by atoms with Crippen molar-refractivity contribution in [2.45, 2.75) is 6.10 Å². The first-order valence-electron chi connectivity index (χ1n) is 4.77. The van der Waals surface area contributed by atoms with E-state index in [2.05, 4.69) is 17.9 Å². The van der Waals surface area contributed by atoms with Gasteiger partial charge in [0.15, 0.2) is 0 Å². The van der Waals surface area contributed by atoms with Gasteiger partial charge in [0.1, 0.15) is 12.6 Å². The lowest BCUT2D eigenvalue weighted by Crippen LogP contribution is -2.52. The first-order valence-corrected chi connectivity index (χ1v) is 4.77. The van der Waals surface area contributed by atoms with Crippen LogP contribution in [0.2, 0.25) is 0 Å². The number of aliphatic hydroxyl groups is 1.